The lowest BCUT2D eigenvalue weighted by Crippen LogP contribution is -2.36. The minimum atomic E-state index is -3.62. The highest BCUT2D eigenvalue weighted by atomic mass is 32.2. The summed E-state index contributed by atoms with van der Waals surface area (Å²) in [5, 5.41) is 2.80. The molecule has 1 N–H and O–H groups in total. The highest BCUT2D eigenvalue weighted by molar-refractivity contribution is 7.89. The summed E-state index contributed by atoms with van der Waals surface area (Å²) in [5.74, 6) is -0.976. The van der Waals surface area contributed by atoms with Crippen LogP contribution in [0.1, 0.15) is 39.5 Å². The van der Waals surface area contributed by atoms with Gasteiger partial charge in [-0.15, -0.1) is 0 Å². The van der Waals surface area contributed by atoms with Crippen molar-refractivity contribution in [2.45, 2.75) is 57.0 Å². The van der Waals surface area contributed by atoms with E-state index in [4.69, 9.17) is 4.42 Å². The summed E-state index contributed by atoms with van der Waals surface area (Å²) in [5.41, 5.74) is 0.561. The van der Waals surface area contributed by atoms with Crippen molar-refractivity contribution in [3.8, 4) is 0 Å². The summed E-state index contributed by atoms with van der Waals surface area (Å²) < 4.78 is 33.5. The molecular formula is C18H25N3O5S. The molecule has 27 heavy (non-hydrogen) atoms. The fourth-order valence-corrected chi connectivity index (χ4v) is 4.71. The number of fused-ring (bicyclic) bond motifs is 1. The predicted molar refractivity (Wildman–Crippen MR) is 101 cm³/mol. The fourth-order valence-electron chi connectivity index (χ4n) is 3.18. The van der Waals surface area contributed by atoms with E-state index in [-0.39, 0.29) is 29.0 Å². The smallest absolute Gasteiger partial charge is 0.408 e. The summed E-state index contributed by atoms with van der Waals surface area (Å²) in [6.45, 7) is 4.66. The van der Waals surface area contributed by atoms with Gasteiger partial charge in [-0.25, -0.2) is 13.2 Å². The molecule has 8 nitrogen and oxygen atoms in total. The van der Waals surface area contributed by atoms with Crippen molar-refractivity contribution in [2.24, 2.45) is 0 Å². The van der Waals surface area contributed by atoms with Gasteiger partial charge in [0.15, 0.2) is 5.58 Å². The van der Waals surface area contributed by atoms with Crippen molar-refractivity contribution in [1.82, 2.24) is 14.2 Å². The van der Waals surface area contributed by atoms with Crippen molar-refractivity contribution in [3.05, 3.63) is 28.7 Å². The van der Waals surface area contributed by atoms with Gasteiger partial charge in [0, 0.05) is 25.2 Å². The number of carbonyl (C=O) groups is 1. The van der Waals surface area contributed by atoms with E-state index in [1.807, 2.05) is 13.8 Å². The largest absolute Gasteiger partial charge is 0.420 e. The first-order valence-corrected chi connectivity index (χ1v) is 10.7. The predicted octanol–water partition coefficient (Wildman–Crippen LogP) is 1.68. The maximum absolute atomic E-state index is 12.8. The van der Waals surface area contributed by atoms with Crippen LogP contribution >= 0.6 is 0 Å². The third kappa shape index (κ3) is 4.08. The molecule has 1 unspecified atom stereocenters. The van der Waals surface area contributed by atoms with Crippen molar-refractivity contribution in [3.63, 3.8) is 0 Å². The van der Waals surface area contributed by atoms with E-state index in [9.17, 15) is 18.0 Å². The molecule has 0 saturated carbocycles. The molecule has 1 atom stereocenters. The first-order chi connectivity index (χ1) is 12.8. The number of hydrogen-bond acceptors (Lipinski definition) is 5. The highest BCUT2D eigenvalue weighted by Gasteiger charge is 2.27. The standard InChI is InChI=1S/C18H25N3O5S/c1-3-13(2)19-17(22)12-21-15-8-7-14(11-16(15)26-18(21)23)27(24,25)20-9-5-4-6-10-20/h7-8,11,13H,3-6,9-10,12H2,1-2H3,(H,19,22). The average molecular weight is 395 g/mol. The number of hydrogen-bond donors (Lipinski definition) is 1. The molecular weight excluding hydrogens is 370 g/mol. The number of nitrogens with one attached hydrogen (secondary N) is 1. The summed E-state index contributed by atoms with van der Waals surface area (Å²) in [7, 11) is -3.62. The zero-order valence-corrected chi connectivity index (χ0v) is 16.4. The van der Waals surface area contributed by atoms with Gasteiger partial charge < -0.3 is 9.73 Å². The molecule has 1 aromatic carbocycles. The number of benzene rings is 1. The van der Waals surface area contributed by atoms with E-state index in [2.05, 4.69) is 5.32 Å². The van der Waals surface area contributed by atoms with Gasteiger partial charge in [0.25, 0.3) is 0 Å². The second kappa shape index (κ2) is 7.85. The van der Waals surface area contributed by atoms with Crippen LogP contribution in [0, 0.1) is 0 Å². The van der Waals surface area contributed by atoms with Crippen LogP contribution in [0.5, 0.6) is 0 Å². The molecule has 9 heteroatoms. The van der Waals surface area contributed by atoms with Gasteiger partial charge in [-0.1, -0.05) is 13.3 Å². The maximum Gasteiger partial charge on any atom is 0.420 e. The number of sulfonamides is 1. The molecule has 1 saturated heterocycles. The van der Waals surface area contributed by atoms with E-state index in [1.54, 1.807) is 0 Å². The van der Waals surface area contributed by atoms with Crippen LogP contribution < -0.4 is 11.1 Å². The number of piperidine rings is 1. The van der Waals surface area contributed by atoms with Crippen LogP contribution in [-0.2, 0) is 21.4 Å². The Balaban J connectivity index is 1.89. The normalized spacial score (nSPS) is 17.1. The van der Waals surface area contributed by atoms with Crippen LogP contribution in [0.2, 0.25) is 0 Å². The van der Waals surface area contributed by atoms with E-state index >= 15 is 0 Å². The molecule has 1 fully saturated rings. The topological polar surface area (TPSA) is 102 Å². The van der Waals surface area contributed by atoms with Gasteiger partial charge in [0.2, 0.25) is 15.9 Å². The molecule has 2 aromatic rings. The first-order valence-electron chi connectivity index (χ1n) is 9.26. The molecule has 3 rings (SSSR count). The summed E-state index contributed by atoms with van der Waals surface area (Å²) in [4.78, 5) is 24.3. The van der Waals surface area contributed by atoms with E-state index in [0.717, 1.165) is 25.7 Å². The maximum atomic E-state index is 12.8. The number of amides is 1. The van der Waals surface area contributed by atoms with Crippen LogP contribution in [0.3, 0.4) is 0 Å². The third-order valence-electron chi connectivity index (χ3n) is 4.91. The number of aromatic nitrogens is 1. The molecule has 1 amide bonds. The van der Waals surface area contributed by atoms with Gasteiger partial charge in [-0.05, 0) is 38.3 Å². The molecule has 0 radical (unpaired) electrons. The molecule has 0 spiro atoms. The van der Waals surface area contributed by atoms with Crippen LogP contribution in [0.15, 0.2) is 32.3 Å². The second-order valence-electron chi connectivity index (χ2n) is 6.93. The number of carbonyl (C=O) groups excluding carboxylic acids is 1. The lowest BCUT2D eigenvalue weighted by atomic mass is 10.2. The van der Waals surface area contributed by atoms with Crippen LogP contribution in [-0.4, -0.2) is 42.3 Å². The van der Waals surface area contributed by atoms with Gasteiger partial charge in [0.1, 0.15) is 6.54 Å². The Morgan fingerprint density at radius 2 is 1.96 bits per heavy atom. The Morgan fingerprint density at radius 3 is 2.63 bits per heavy atom. The summed E-state index contributed by atoms with van der Waals surface area (Å²) in [6, 6.07) is 4.36. The van der Waals surface area contributed by atoms with Gasteiger partial charge in [-0.2, -0.15) is 4.31 Å². The molecule has 1 aliphatic heterocycles. The zero-order valence-electron chi connectivity index (χ0n) is 15.6. The molecule has 0 bridgehead atoms. The van der Waals surface area contributed by atoms with E-state index < -0.39 is 15.8 Å². The Kier molecular flexibility index (Phi) is 5.71. The second-order valence-corrected chi connectivity index (χ2v) is 8.86. The minimum Gasteiger partial charge on any atom is -0.408 e. The lowest BCUT2D eigenvalue weighted by Gasteiger charge is -2.25. The fraction of sp³-hybridized carbons (Fsp3) is 0.556. The number of oxazole rings is 1. The summed E-state index contributed by atoms with van der Waals surface area (Å²) >= 11 is 0. The Morgan fingerprint density at radius 1 is 1.26 bits per heavy atom. The number of rotatable bonds is 6. The molecule has 1 aliphatic rings. The Bertz CT molecular complexity index is 986. The van der Waals surface area contributed by atoms with Crippen molar-refractivity contribution < 1.29 is 17.6 Å². The number of nitrogens with zero attached hydrogens (tertiary/aromatic N) is 2. The van der Waals surface area contributed by atoms with Crippen molar-refractivity contribution in [1.29, 1.82) is 0 Å². The average Bonchev–Trinajstić information content (AvgIpc) is 2.96. The third-order valence-corrected chi connectivity index (χ3v) is 6.81. The molecule has 1 aromatic heterocycles. The van der Waals surface area contributed by atoms with E-state index in [1.165, 1.54) is 27.1 Å². The molecule has 0 aliphatic carbocycles. The quantitative estimate of drug-likeness (QED) is 0.802. The van der Waals surface area contributed by atoms with Gasteiger partial charge >= 0.3 is 5.76 Å². The van der Waals surface area contributed by atoms with Crippen LogP contribution in [0.25, 0.3) is 11.1 Å². The SMILES string of the molecule is CCC(C)NC(=O)Cn1c(=O)oc2cc(S(=O)(=O)N3CCCCC3)ccc21. The van der Waals surface area contributed by atoms with E-state index in [0.29, 0.717) is 18.6 Å². The van der Waals surface area contributed by atoms with Gasteiger partial charge in [0.05, 0.1) is 10.4 Å². The van der Waals surface area contributed by atoms with Gasteiger partial charge in [-0.3, -0.25) is 9.36 Å². The minimum absolute atomic E-state index is 0.00709. The molecule has 148 valence electrons. The zero-order chi connectivity index (χ0) is 19.6. The monoisotopic (exact) mass is 395 g/mol. The first kappa shape index (κ1) is 19.6. The van der Waals surface area contributed by atoms with Crippen molar-refractivity contribution in [2.75, 3.05) is 13.1 Å². The summed E-state index contributed by atoms with van der Waals surface area (Å²) in [6.07, 6.45) is 3.50. The van der Waals surface area contributed by atoms with Crippen molar-refractivity contribution >= 4 is 27.0 Å². The highest BCUT2D eigenvalue weighted by Crippen LogP contribution is 2.24. The lowest BCUT2D eigenvalue weighted by molar-refractivity contribution is -0.122. The Labute approximate surface area is 158 Å². The molecule has 2 heterocycles. The Hall–Kier alpha value is -2.13. The van der Waals surface area contributed by atoms with Crippen LogP contribution in [0.4, 0.5) is 0 Å².